The SMILES string of the molecule is CC1OC(CO)C(O)C(OC2OC(CO)C(O)C(OC3OC(CO)C(O)C(OC4OC(COC(C=O)OC(C=O)CO)C(O)C(OC5OC(CO)C(O)C(OC(C=O)OC(C=O)CO)C5O)C4O)C3O)C2O)C1O. The first-order valence-corrected chi connectivity index (χ1v) is 23.0. The molecule has 29 atom stereocenters. The summed E-state index contributed by atoms with van der Waals surface area (Å²) in [6, 6.07) is 0. The van der Waals surface area contributed by atoms with Crippen molar-refractivity contribution in [2.45, 2.75) is 185 Å². The average Bonchev–Trinajstić information content (AvgIpc) is 3.40. The lowest BCUT2D eigenvalue weighted by Gasteiger charge is -2.50. The molecule has 5 heterocycles. The Labute approximate surface area is 418 Å². The number of aldehydes is 4. The minimum atomic E-state index is -2.37. The first kappa shape index (κ1) is 62.4. The van der Waals surface area contributed by atoms with Crippen LogP contribution in [0.2, 0.25) is 0 Å². The van der Waals surface area contributed by atoms with Crippen LogP contribution in [0.1, 0.15) is 6.92 Å². The molecule has 16 N–H and O–H groups in total. The number of carbonyl (C=O) groups excluding carboxylic acids is 4. The molecule has 0 saturated carbocycles. The van der Waals surface area contributed by atoms with Gasteiger partial charge in [-0.25, -0.2) is 0 Å². The lowest BCUT2D eigenvalue weighted by Crippen LogP contribution is -2.68. The van der Waals surface area contributed by atoms with E-state index >= 15 is 0 Å². The van der Waals surface area contributed by atoms with Gasteiger partial charge in [-0.1, -0.05) is 0 Å². The van der Waals surface area contributed by atoms with Crippen LogP contribution in [0.3, 0.4) is 0 Å². The molecule has 0 aromatic heterocycles. The fourth-order valence-electron chi connectivity index (χ4n) is 8.47. The van der Waals surface area contributed by atoms with Crippen molar-refractivity contribution in [3.63, 3.8) is 0 Å². The van der Waals surface area contributed by atoms with E-state index in [4.69, 9.17) is 61.6 Å². The zero-order valence-corrected chi connectivity index (χ0v) is 39.1. The first-order chi connectivity index (χ1) is 35.3. The van der Waals surface area contributed by atoms with Crippen molar-refractivity contribution in [2.75, 3.05) is 46.2 Å². The summed E-state index contributed by atoms with van der Waals surface area (Å²) < 4.78 is 71.6. The van der Waals surface area contributed by atoms with Gasteiger partial charge in [0.2, 0.25) is 12.6 Å². The molecule has 0 aromatic rings. The third-order valence-electron chi connectivity index (χ3n) is 12.6. The molecule has 0 spiro atoms. The Hall–Kier alpha value is -2.48. The van der Waals surface area contributed by atoms with Crippen molar-refractivity contribution in [3.8, 4) is 0 Å². The van der Waals surface area contributed by atoms with Crippen molar-refractivity contribution in [3.05, 3.63) is 0 Å². The molecular formula is C41H66O33. The molecule has 0 amide bonds. The highest BCUT2D eigenvalue weighted by Gasteiger charge is 2.57. The monoisotopic (exact) mass is 1090 g/mol. The average molecular weight is 1090 g/mol. The summed E-state index contributed by atoms with van der Waals surface area (Å²) in [7, 11) is 0. The van der Waals surface area contributed by atoms with E-state index in [-0.39, 0.29) is 25.1 Å². The third kappa shape index (κ3) is 14.4. The van der Waals surface area contributed by atoms with Crippen LogP contribution in [0.5, 0.6) is 0 Å². The molecular weight excluding hydrogens is 1020 g/mol. The summed E-state index contributed by atoms with van der Waals surface area (Å²) in [6.45, 7) is -5.27. The van der Waals surface area contributed by atoms with Crippen LogP contribution >= 0.6 is 0 Å². The number of rotatable bonds is 27. The summed E-state index contributed by atoms with van der Waals surface area (Å²) in [6.07, 6.45) is -55.7. The van der Waals surface area contributed by atoms with E-state index in [0.717, 1.165) is 0 Å². The molecule has 0 aliphatic carbocycles. The minimum absolute atomic E-state index is 0.0249. The van der Waals surface area contributed by atoms with E-state index in [9.17, 15) is 101 Å². The molecule has 33 heteroatoms. The molecule has 0 aromatic carbocycles. The van der Waals surface area contributed by atoms with Crippen LogP contribution in [0, 0.1) is 0 Å². The Balaban J connectivity index is 1.42. The van der Waals surface area contributed by atoms with Crippen molar-refractivity contribution < 1.29 is 162 Å². The molecule has 29 unspecified atom stereocenters. The van der Waals surface area contributed by atoms with E-state index in [2.05, 4.69) is 0 Å². The van der Waals surface area contributed by atoms with Crippen LogP contribution in [0.25, 0.3) is 0 Å². The normalized spacial score (nSPS) is 44.7. The van der Waals surface area contributed by atoms with Gasteiger partial charge in [-0.3, -0.25) is 9.59 Å². The van der Waals surface area contributed by atoms with E-state index in [1.54, 1.807) is 0 Å². The maximum absolute atomic E-state index is 11.8. The molecule has 74 heavy (non-hydrogen) atoms. The zero-order chi connectivity index (χ0) is 54.7. The van der Waals surface area contributed by atoms with Crippen LogP contribution in [-0.4, -0.2) is 331 Å². The topological polar surface area (TPSA) is 512 Å². The second-order valence-corrected chi connectivity index (χ2v) is 17.5. The van der Waals surface area contributed by atoms with Crippen LogP contribution in [0.4, 0.5) is 0 Å². The fraction of sp³-hybridized carbons (Fsp3) is 0.902. The lowest BCUT2D eigenvalue weighted by molar-refractivity contribution is -0.395. The first-order valence-electron chi connectivity index (χ1n) is 23.0. The van der Waals surface area contributed by atoms with E-state index in [1.165, 1.54) is 6.92 Å². The molecule has 0 radical (unpaired) electrons. The molecule has 5 fully saturated rings. The minimum Gasteiger partial charge on any atom is -0.394 e. The predicted molar refractivity (Wildman–Crippen MR) is 223 cm³/mol. The quantitative estimate of drug-likeness (QED) is 0.0268. The van der Waals surface area contributed by atoms with Crippen LogP contribution < -0.4 is 0 Å². The van der Waals surface area contributed by atoms with Gasteiger partial charge in [0, 0.05) is 0 Å². The Morgan fingerprint density at radius 2 is 0.703 bits per heavy atom. The van der Waals surface area contributed by atoms with Gasteiger partial charge in [-0.15, -0.1) is 0 Å². The second-order valence-electron chi connectivity index (χ2n) is 17.5. The standard InChI is InChI=1S/C41H66O33/c1-13-23(52)33(24(53)16(6-46)63-13)71-39-30(59)35(26(55)18(8-48)67-39)72-40-31(60)36(27(56)19(9-49)68-40)73-41-32(61)37(28(57)20(69-41)12-62-21(10-50)64-14(2-42)3-43)74-38-29(58)34(25(54)17(7-47)66-38)70-22(11-51)65-15(4-44)5-45/h2,4,10-11,13-41,43,45-49,52-61H,3,5-9,12H2,1H3. The Kier molecular flexibility index (Phi) is 24.4. The number of hydrogen-bond acceptors (Lipinski definition) is 33. The number of hydrogen-bond donors (Lipinski definition) is 16. The summed E-state index contributed by atoms with van der Waals surface area (Å²) in [5, 5.41) is 172. The van der Waals surface area contributed by atoms with Gasteiger partial charge in [-0.05, 0) is 6.92 Å². The molecule has 5 aliphatic rings. The lowest BCUT2D eigenvalue weighted by atomic mass is 9.94. The molecule has 33 nitrogen and oxygen atoms in total. The van der Waals surface area contributed by atoms with Crippen LogP contribution in [-0.2, 0) is 80.8 Å². The Morgan fingerprint density at radius 1 is 0.392 bits per heavy atom. The Morgan fingerprint density at radius 3 is 1.05 bits per heavy atom. The highest BCUT2D eigenvalue weighted by Crippen LogP contribution is 2.36. The van der Waals surface area contributed by atoms with Gasteiger partial charge in [0.25, 0.3) is 0 Å². The van der Waals surface area contributed by atoms with Crippen molar-refractivity contribution in [2.24, 2.45) is 0 Å². The van der Waals surface area contributed by atoms with Gasteiger partial charge in [0.15, 0.2) is 50.3 Å². The number of ether oxygens (including phenoxy) is 13. The van der Waals surface area contributed by atoms with Crippen LogP contribution in [0.15, 0.2) is 0 Å². The smallest absolute Gasteiger partial charge is 0.215 e. The van der Waals surface area contributed by atoms with E-state index in [0.29, 0.717) is 0 Å². The summed E-state index contributed by atoms with van der Waals surface area (Å²) in [5.74, 6) is 0. The van der Waals surface area contributed by atoms with Crippen molar-refractivity contribution in [1.29, 1.82) is 0 Å². The van der Waals surface area contributed by atoms with Gasteiger partial charge < -0.3 is 153 Å². The fourth-order valence-corrected chi connectivity index (χ4v) is 8.47. The number of carbonyl (C=O) groups is 4. The Bertz CT molecular complexity index is 1710. The molecule has 5 rings (SSSR count). The second kappa shape index (κ2) is 28.9. The van der Waals surface area contributed by atoms with Gasteiger partial charge in [0.1, 0.15) is 134 Å². The van der Waals surface area contributed by atoms with E-state index < -0.39 is 224 Å². The maximum atomic E-state index is 11.8. The van der Waals surface area contributed by atoms with Crippen molar-refractivity contribution >= 4 is 25.1 Å². The molecule has 5 saturated heterocycles. The highest BCUT2D eigenvalue weighted by atomic mass is 16.8. The molecule has 428 valence electrons. The zero-order valence-electron chi connectivity index (χ0n) is 39.1. The van der Waals surface area contributed by atoms with Gasteiger partial charge in [-0.2, -0.15) is 0 Å². The van der Waals surface area contributed by atoms with Crippen molar-refractivity contribution in [1.82, 2.24) is 0 Å². The predicted octanol–water partition coefficient (Wildman–Crippen LogP) is -12.6. The molecule has 5 aliphatic heterocycles. The summed E-state index contributed by atoms with van der Waals surface area (Å²) in [4.78, 5) is 46.2. The number of aliphatic hydroxyl groups is 16. The molecule has 0 bridgehead atoms. The van der Waals surface area contributed by atoms with Gasteiger partial charge in [0.05, 0.1) is 52.4 Å². The number of aliphatic hydroxyl groups excluding tert-OH is 16. The third-order valence-corrected chi connectivity index (χ3v) is 12.6. The summed E-state index contributed by atoms with van der Waals surface area (Å²) in [5.41, 5.74) is 0. The highest BCUT2D eigenvalue weighted by molar-refractivity contribution is 5.59. The summed E-state index contributed by atoms with van der Waals surface area (Å²) >= 11 is 0. The van der Waals surface area contributed by atoms with E-state index in [1.807, 2.05) is 0 Å². The maximum Gasteiger partial charge on any atom is 0.215 e. The van der Waals surface area contributed by atoms with Gasteiger partial charge >= 0.3 is 0 Å². The largest absolute Gasteiger partial charge is 0.394 e.